The number of rotatable bonds is 24. The van der Waals surface area contributed by atoms with Crippen molar-refractivity contribution in [2.24, 2.45) is 11.3 Å². The van der Waals surface area contributed by atoms with Gasteiger partial charge in [0.25, 0.3) is 0 Å². The Hall–Kier alpha value is -5.85. The average Bonchev–Trinajstić information content (AvgIpc) is 3.20. The highest BCUT2D eigenvalue weighted by Gasteiger charge is 2.38. The molecule has 0 aromatic heterocycles. The van der Waals surface area contributed by atoms with Gasteiger partial charge in [0.1, 0.15) is 73.5 Å². The molecule has 330 valence electrons. The number of unbranched alkanes of at least 4 members (excludes halogenated alkanes) is 2. The number of benzene rings is 2. The van der Waals surface area contributed by atoms with Gasteiger partial charge in [0.05, 0.1) is 0 Å². The van der Waals surface area contributed by atoms with Crippen LogP contribution in [0.5, 0.6) is 17.2 Å². The lowest BCUT2D eigenvalue weighted by atomic mass is 9.76. The van der Waals surface area contributed by atoms with E-state index < -0.39 is 79.5 Å². The molecule has 2 aromatic rings. The lowest BCUT2D eigenvalue weighted by Gasteiger charge is -2.32. The summed E-state index contributed by atoms with van der Waals surface area (Å²) in [5.41, 5.74) is 0.756. The Morgan fingerprint density at radius 3 is 1.62 bits per heavy atom. The Morgan fingerprint density at radius 1 is 0.623 bits per heavy atom. The zero-order valence-corrected chi connectivity index (χ0v) is 36.4. The Bertz CT molecular complexity index is 1930. The van der Waals surface area contributed by atoms with Crippen molar-refractivity contribution in [2.75, 3.05) is 26.4 Å². The third kappa shape index (κ3) is 16.3. The maximum atomic E-state index is 13.0. The SMILES string of the molecule is C=C(C)C(=O)OCC(COC(=O)CC(C)=O)(COC(=O)CC(C)=O)COc1ccc(-c2cc(OC(=O)C(=C)C)c(C3CCC(CCCCC)CC3)cc2OC(=O)C(=C)C)cc1. The van der Waals surface area contributed by atoms with E-state index in [1.54, 1.807) is 50.2 Å². The minimum absolute atomic E-state index is 0.0563. The first kappa shape index (κ1) is 49.5. The first-order chi connectivity index (χ1) is 28.8. The highest BCUT2D eigenvalue weighted by Crippen LogP contribution is 2.46. The average molecular weight is 845 g/mol. The number of esters is 5. The molecule has 2 aromatic carbocycles. The van der Waals surface area contributed by atoms with Crippen LogP contribution >= 0.6 is 0 Å². The van der Waals surface area contributed by atoms with Crippen LogP contribution in [0.25, 0.3) is 11.1 Å². The Morgan fingerprint density at radius 2 is 1.13 bits per heavy atom. The van der Waals surface area contributed by atoms with E-state index in [9.17, 15) is 33.6 Å². The highest BCUT2D eigenvalue weighted by atomic mass is 16.6. The summed E-state index contributed by atoms with van der Waals surface area (Å²) in [7, 11) is 0. The van der Waals surface area contributed by atoms with Crippen LogP contribution in [-0.4, -0.2) is 67.8 Å². The van der Waals surface area contributed by atoms with Gasteiger partial charge < -0.3 is 28.4 Å². The molecular weight excluding hydrogens is 785 g/mol. The molecule has 0 spiro atoms. The first-order valence-corrected chi connectivity index (χ1v) is 20.6. The van der Waals surface area contributed by atoms with E-state index in [1.807, 2.05) is 0 Å². The molecule has 0 saturated heterocycles. The maximum Gasteiger partial charge on any atom is 0.338 e. The van der Waals surface area contributed by atoms with Crippen LogP contribution in [0.4, 0.5) is 0 Å². The second-order valence-electron chi connectivity index (χ2n) is 16.2. The van der Waals surface area contributed by atoms with E-state index in [4.69, 9.17) is 28.4 Å². The standard InChI is InChI=1S/C48H60O13/c1-10-11-12-13-35-14-16-36(17-15-35)39-24-42(61-47(55)32(6)7)40(25-41(39)60-46(54)31(4)5)37-18-20-38(21-19-37)56-26-48(29-59-45(53)30(2)3,27-57-43(51)22-33(8)49)28-58-44(52)23-34(9)50/h18-21,24-25,35-36H,2,4,6,10-17,22-23,26-29H2,1,3,5,7-9H3. The summed E-state index contributed by atoms with van der Waals surface area (Å²) in [6.45, 7) is 18.5. The summed E-state index contributed by atoms with van der Waals surface area (Å²) in [6, 6.07) is 10.1. The summed E-state index contributed by atoms with van der Waals surface area (Å²) in [6.07, 6.45) is 7.56. The van der Waals surface area contributed by atoms with Gasteiger partial charge in [-0.05, 0) is 102 Å². The molecule has 0 amide bonds. The van der Waals surface area contributed by atoms with E-state index in [2.05, 4.69) is 26.7 Å². The molecule has 13 nitrogen and oxygen atoms in total. The third-order valence-electron chi connectivity index (χ3n) is 10.2. The normalized spacial score (nSPS) is 14.8. The number of hydrogen-bond donors (Lipinski definition) is 0. The lowest BCUT2D eigenvalue weighted by Crippen LogP contribution is -2.44. The van der Waals surface area contributed by atoms with E-state index in [1.165, 1.54) is 46.5 Å². The Labute approximate surface area is 358 Å². The zero-order chi connectivity index (χ0) is 45.3. The van der Waals surface area contributed by atoms with E-state index >= 15 is 0 Å². The number of ketones is 2. The maximum absolute atomic E-state index is 13.0. The fourth-order valence-electron chi connectivity index (χ4n) is 6.65. The molecule has 1 saturated carbocycles. The molecule has 0 heterocycles. The monoisotopic (exact) mass is 844 g/mol. The molecule has 1 aliphatic carbocycles. The molecule has 0 unspecified atom stereocenters. The van der Waals surface area contributed by atoms with Crippen molar-refractivity contribution in [3.05, 3.63) is 78.4 Å². The minimum Gasteiger partial charge on any atom is -0.493 e. The molecular formula is C48H60O13. The zero-order valence-electron chi connectivity index (χ0n) is 36.4. The van der Waals surface area contributed by atoms with Crippen molar-refractivity contribution >= 4 is 41.4 Å². The topological polar surface area (TPSA) is 175 Å². The molecule has 0 radical (unpaired) electrons. The van der Waals surface area contributed by atoms with Crippen LogP contribution in [-0.2, 0) is 47.8 Å². The predicted molar refractivity (Wildman–Crippen MR) is 228 cm³/mol. The molecule has 1 aliphatic rings. The third-order valence-corrected chi connectivity index (χ3v) is 10.2. The second-order valence-corrected chi connectivity index (χ2v) is 16.2. The van der Waals surface area contributed by atoms with Crippen LogP contribution in [0.2, 0.25) is 0 Å². The van der Waals surface area contributed by atoms with Crippen molar-refractivity contribution in [3.8, 4) is 28.4 Å². The van der Waals surface area contributed by atoms with Gasteiger partial charge in [-0.3, -0.25) is 19.2 Å². The van der Waals surface area contributed by atoms with Crippen molar-refractivity contribution in [1.29, 1.82) is 0 Å². The smallest absolute Gasteiger partial charge is 0.338 e. The van der Waals surface area contributed by atoms with Gasteiger partial charge in [-0.15, -0.1) is 0 Å². The molecule has 0 atom stereocenters. The number of carbonyl (C=O) groups excluding carboxylic acids is 7. The fourth-order valence-corrected chi connectivity index (χ4v) is 6.65. The summed E-state index contributed by atoms with van der Waals surface area (Å²) in [4.78, 5) is 86.6. The molecule has 13 heteroatoms. The summed E-state index contributed by atoms with van der Waals surface area (Å²) in [5.74, 6) is -3.05. The van der Waals surface area contributed by atoms with E-state index in [-0.39, 0.29) is 40.7 Å². The van der Waals surface area contributed by atoms with Crippen molar-refractivity contribution < 1.29 is 62.0 Å². The minimum atomic E-state index is -1.50. The predicted octanol–water partition coefficient (Wildman–Crippen LogP) is 8.70. The molecule has 3 rings (SSSR count). The molecule has 0 aliphatic heterocycles. The summed E-state index contributed by atoms with van der Waals surface area (Å²) < 4.78 is 34.2. The molecule has 0 bridgehead atoms. The number of Topliss-reactive ketones (excluding diaryl/α,β-unsaturated/α-hetero) is 2. The van der Waals surface area contributed by atoms with Crippen molar-refractivity contribution in [2.45, 2.75) is 112 Å². The van der Waals surface area contributed by atoms with Gasteiger partial charge in [0.15, 0.2) is 0 Å². The Kier molecular flexibility index (Phi) is 19.3. The van der Waals surface area contributed by atoms with Crippen LogP contribution < -0.4 is 14.2 Å². The van der Waals surface area contributed by atoms with Crippen LogP contribution in [0.3, 0.4) is 0 Å². The highest BCUT2D eigenvalue weighted by molar-refractivity contribution is 5.95. The largest absolute Gasteiger partial charge is 0.493 e. The van der Waals surface area contributed by atoms with Crippen molar-refractivity contribution in [1.82, 2.24) is 0 Å². The molecule has 61 heavy (non-hydrogen) atoms. The van der Waals surface area contributed by atoms with Gasteiger partial charge in [0.2, 0.25) is 0 Å². The quantitative estimate of drug-likeness (QED) is 0.0245. The lowest BCUT2D eigenvalue weighted by molar-refractivity contribution is -0.163. The first-order valence-electron chi connectivity index (χ1n) is 20.6. The summed E-state index contributed by atoms with van der Waals surface area (Å²) >= 11 is 0. The van der Waals surface area contributed by atoms with Crippen LogP contribution in [0.15, 0.2) is 72.9 Å². The fraction of sp³-hybridized carbons (Fsp3) is 0.479. The van der Waals surface area contributed by atoms with Crippen LogP contribution in [0, 0.1) is 11.3 Å². The van der Waals surface area contributed by atoms with Gasteiger partial charge in [-0.25, -0.2) is 14.4 Å². The molecule has 0 N–H and O–H groups in total. The van der Waals surface area contributed by atoms with Gasteiger partial charge in [0, 0.05) is 27.8 Å². The van der Waals surface area contributed by atoms with Gasteiger partial charge in [-0.1, -0.05) is 64.5 Å². The van der Waals surface area contributed by atoms with E-state index in [0.29, 0.717) is 22.8 Å². The van der Waals surface area contributed by atoms with E-state index in [0.717, 1.165) is 31.2 Å². The summed E-state index contributed by atoms with van der Waals surface area (Å²) in [5, 5.41) is 0. The van der Waals surface area contributed by atoms with Gasteiger partial charge >= 0.3 is 29.8 Å². The van der Waals surface area contributed by atoms with Crippen LogP contribution in [0.1, 0.15) is 117 Å². The van der Waals surface area contributed by atoms with Gasteiger partial charge in [-0.2, -0.15) is 0 Å². The second kappa shape index (κ2) is 23.8. The number of carbonyl (C=O) groups is 7. The Balaban J connectivity index is 2.03. The van der Waals surface area contributed by atoms with Crippen molar-refractivity contribution in [3.63, 3.8) is 0 Å². The number of hydrogen-bond acceptors (Lipinski definition) is 13. The molecule has 1 fully saturated rings. The number of ether oxygens (including phenoxy) is 6.